The Balaban J connectivity index is 1.65. The monoisotopic (exact) mass is 457 g/mol. The summed E-state index contributed by atoms with van der Waals surface area (Å²) in [5.74, 6) is 0. The summed E-state index contributed by atoms with van der Waals surface area (Å²) in [6.45, 7) is -1.14. The van der Waals surface area contributed by atoms with Gasteiger partial charge in [-0.1, -0.05) is 30.3 Å². The van der Waals surface area contributed by atoms with Crippen molar-refractivity contribution < 1.29 is 54.7 Å². The summed E-state index contributed by atoms with van der Waals surface area (Å²) >= 11 is 0. The van der Waals surface area contributed by atoms with Gasteiger partial charge in [-0.2, -0.15) is 5.26 Å². The van der Waals surface area contributed by atoms with E-state index in [-0.39, 0.29) is 0 Å². The maximum Gasteiger partial charge on any atom is 0.188 e. The van der Waals surface area contributed by atoms with Crippen molar-refractivity contribution in [3.8, 4) is 6.07 Å². The van der Waals surface area contributed by atoms with Crippen molar-refractivity contribution in [2.24, 2.45) is 0 Å². The molecule has 4 unspecified atom stereocenters. The van der Waals surface area contributed by atoms with Gasteiger partial charge < -0.3 is 54.7 Å². The quantitative estimate of drug-likeness (QED) is 0.218. The minimum atomic E-state index is -1.70. The van der Waals surface area contributed by atoms with Crippen molar-refractivity contribution >= 4 is 0 Å². The molecule has 2 fully saturated rings. The van der Waals surface area contributed by atoms with E-state index in [1.165, 1.54) is 0 Å². The number of hydrogen-bond acceptors (Lipinski definition) is 12. The summed E-state index contributed by atoms with van der Waals surface area (Å²) in [5, 5.41) is 79.1. The van der Waals surface area contributed by atoms with Crippen LogP contribution in [0.25, 0.3) is 0 Å². The van der Waals surface area contributed by atoms with Crippen LogP contribution in [0.2, 0.25) is 0 Å². The number of aliphatic hydroxyl groups excluding tert-OH is 7. The van der Waals surface area contributed by atoms with Crippen LogP contribution in [0.15, 0.2) is 30.3 Å². The standard InChI is InChI=1S/C20H27NO11/c21-6-10(9-4-2-1-3-5-9)30-20-18(28)16(26)14(24)12(32-20)8-29-19-17(27)15(25)13(23)11(7-22)31-19/h1-5,10-20,22-28H,7-8H2/t10-,11?,12?,13+,14+,15+,16+,17?,18?,19+,20+/m0/s1. The Hall–Kier alpha value is -1.73. The number of nitrogens with zero attached hydrogens (tertiary/aromatic N) is 1. The molecule has 1 aromatic carbocycles. The van der Waals surface area contributed by atoms with E-state index in [1.54, 1.807) is 30.3 Å². The van der Waals surface area contributed by atoms with Gasteiger partial charge in [0.05, 0.1) is 19.3 Å². The Morgan fingerprint density at radius 3 is 1.97 bits per heavy atom. The van der Waals surface area contributed by atoms with E-state index < -0.39 is 80.7 Å². The maximum absolute atomic E-state index is 10.3. The van der Waals surface area contributed by atoms with Crippen LogP contribution in [-0.4, -0.2) is 110 Å². The molecule has 0 aliphatic carbocycles. The first-order chi connectivity index (χ1) is 15.3. The zero-order valence-corrected chi connectivity index (χ0v) is 16.9. The van der Waals surface area contributed by atoms with Crippen molar-refractivity contribution in [3.63, 3.8) is 0 Å². The molecule has 0 bridgehead atoms. The van der Waals surface area contributed by atoms with Crippen LogP contribution >= 0.6 is 0 Å². The molecule has 3 rings (SSSR count). The van der Waals surface area contributed by atoms with Crippen LogP contribution < -0.4 is 0 Å². The van der Waals surface area contributed by atoms with Gasteiger partial charge in [0.1, 0.15) is 48.8 Å². The summed E-state index contributed by atoms with van der Waals surface area (Å²) in [5.41, 5.74) is 0.487. The molecule has 2 aliphatic rings. The smallest absolute Gasteiger partial charge is 0.188 e. The van der Waals surface area contributed by atoms with Crippen LogP contribution in [0.5, 0.6) is 0 Å². The molecule has 12 nitrogen and oxygen atoms in total. The van der Waals surface area contributed by atoms with E-state index in [4.69, 9.17) is 18.9 Å². The molecule has 0 radical (unpaired) electrons. The number of ether oxygens (including phenoxy) is 4. The lowest BCUT2D eigenvalue weighted by Crippen LogP contribution is -2.61. The average Bonchev–Trinajstić information content (AvgIpc) is 2.81. The van der Waals surface area contributed by atoms with Gasteiger partial charge in [-0.3, -0.25) is 0 Å². The summed E-state index contributed by atoms with van der Waals surface area (Å²) in [4.78, 5) is 0. The largest absolute Gasteiger partial charge is 0.394 e. The Morgan fingerprint density at radius 2 is 1.38 bits per heavy atom. The minimum Gasteiger partial charge on any atom is -0.394 e. The van der Waals surface area contributed by atoms with E-state index in [0.29, 0.717) is 5.56 Å². The number of hydrogen-bond donors (Lipinski definition) is 7. The molecule has 7 N–H and O–H groups in total. The fraction of sp³-hybridized carbons (Fsp3) is 0.650. The Morgan fingerprint density at radius 1 is 0.812 bits per heavy atom. The second-order valence-electron chi connectivity index (χ2n) is 7.60. The van der Waals surface area contributed by atoms with Gasteiger partial charge in [0.25, 0.3) is 0 Å². The molecule has 0 spiro atoms. The molecule has 0 aromatic heterocycles. The summed E-state index contributed by atoms with van der Waals surface area (Å²) in [7, 11) is 0. The van der Waals surface area contributed by atoms with Crippen molar-refractivity contribution in [2.45, 2.75) is 67.5 Å². The highest BCUT2D eigenvalue weighted by atomic mass is 16.7. The Kier molecular flexibility index (Phi) is 8.50. The van der Waals surface area contributed by atoms with Crippen LogP contribution in [-0.2, 0) is 18.9 Å². The third-order valence-corrected chi connectivity index (χ3v) is 5.43. The van der Waals surface area contributed by atoms with Crippen LogP contribution in [0.4, 0.5) is 0 Å². The molecule has 2 saturated heterocycles. The van der Waals surface area contributed by atoms with Gasteiger partial charge in [-0.05, 0) is 5.56 Å². The van der Waals surface area contributed by atoms with Crippen molar-refractivity contribution in [1.82, 2.24) is 0 Å². The summed E-state index contributed by atoms with van der Waals surface area (Å²) in [6, 6.07) is 10.3. The lowest BCUT2D eigenvalue weighted by molar-refractivity contribution is -0.334. The second-order valence-corrected chi connectivity index (χ2v) is 7.60. The van der Waals surface area contributed by atoms with Crippen molar-refractivity contribution in [1.29, 1.82) is 5.26 Å². The molecule has 178 valence electrons. The number of benzene rings is 1. The lowest BCUT2D eigenvalue weighted by Gasteiger charge is -2.43. The topological polar surface area (TPSA) is 202 Å². The highest BCUT2D eigenvalue weighted by molar-refractivity contribution is 5.22. The molecular formula is C20H27NO11. The zero-order valence-electron chi connectivity index (χ0n) is 16.9. The lowest BCUT2D eigenvalue weighted by atomic mass is 9.98. The van der Waals surface area contributed by atoms with Crippen molar-refractivity contribution in [3.05, 3.63) is 35.9 Å². The van der Waals surface area contributed by atoms with Gasteiger partial charge in [0, 0.05) is 0 Å². The second kappa shape index (κ2) is 10.9. The number of nitriles is 1. The number of rotatable bonds is 7. The van der Waals surface area contributed by atoms with Gasteiger partial charge >= 0.3 is 0 Å². The van der Waals surface area contributed by atoms with E-state index in [9.17, 15) is 41.0 Å². The zero-order chi connectivity index (χ0) is 23.4. The van der Waals surface area contributed by atoms with E-state index in [0.717, 1.165) is 0 Å². The van der Waals surface area contributed by atoms with Crippen molar-refractivity contribution in [2.75, 3.05) is 13.2 Å². The maximum atomic E-state index is 10.3. The van der Waals surface area contributed by atoms with E-state index in [1.807, 2.05) is 6.07 Å². The van der Waals surface area contributed by atoms with Gasteiger partial charge in [-0.25, -0.2) is 0 Å². The third-order valence-electron chi connectivity index (χ3n) is 5.43. The summed E-state index contributed by atoms with van der Waals surface area (Å²) < 4.78 is 21.6. The fourth-order valence-electron chi connectivity index (χ4n) is 3.51. The van der Waals surface area contributed by atoms with Crippen LogP contribution in [0.3, 0.4) is 0 Å². The van der Waals surface area contributed by atoms with Crippen LogP contribution in [0.1, 0.15) is 11.7 Å². The Bertz CT molecular complexity index is 760. The molecule has 32 heavy (non-hydrogen) atoms. The first kappa shape index (κ1) is 24.9. The molecule has 2 aliphatic heterocycles. The molecular weight excluding hydrogens is 430 g/mol. The number of aliphatic hydroxyl groups is 7. The van der Waals surface area contributed by atoms with E-state index in [2.05, 4.69) is 0 Å². The van der Waals surface area contributed by atoms with E-state index >= 15 is 0 Å². The predicted molar refractivity (Wildman–Crippen MR) is 102 cm³/mol. The molecule has 0 amide bonds. The normalized spacial score (nSPS) is 41.1. The van der Waals surface area contributed by atoms with Gasteiger partial charge in [0.2, 0.25) is 0 Å². The first-order valence-corrected chi connectivity index (χ1v) is 10.00. The highest BCUT2D eigenvalue weighted by Crippen LogP contribution is 2.28. The van der Waals surface area contributed by atoms with Gasteiger partial charge in [0.15, 0.2) is 18.7 Å². The van der Waals surface area contributed by atoms with Gasteiger partial charge in [-0.15, -0.1) is 0 Å². The third kappa shape index (κ3) is 5.25. The fourth-order valence-corrected chi connectivity index (χ4v) is 3.51. The minimum absolute atomic E-state index is 0.487. The predicted octanol–water partition coefficient (Wildman–Crippen LogP) is -3.11. The van der Waals surface area contributed by atoms with Crippen LogP contribution in [0, 0.1) is 11.3 Å². The Labute approximate surface area is 183 Å². The highest BCUT2D eigenvalue weighted by Gasteiger charge is 2.48. The molecule has 1 aromatic rings. The SMILES string of the molecule is N#C[C@H](O[C@@H]1OC(CO[C@@H]2OC(CO)[C@@H](O)[C@@H](O)C2O)[C@@H](O)[C@@H](O)C1O)c1ccccc1. The molecule has 11 atom stereocenters. The molecule has 0 saturated carbocycles. The average molecular weight is 457 g/mol. The summed E-state index contributed by atoms with van der Waals surface area (Å²) in [6.07, 6.45) is -16.5. The molecule has 12 heteroatoms. The molecule has 2 heterocycles. The first-order valence-electron chi connectivity index (χ1n) is 10.00.